The first kappa shape index (κ1) is 15.0. The van der Waals surface area contributed by atoms with Crippen molar-refractivity contribution in [1.82, 2.24) is 10.3 Å². The average molecular weight is 320 g/mol. The number of methoxy groups -OCH3 is 1. The molecule has 0 atom stereocenters. The Morgan fingerprint density at radius 1 is 1.33 bits per heavy atom. The maximum absolute atomic E-state index is 5.29. The number of nitrogens with zero attached hydrogens (tertiary/aromatic N) is 1. The van der Waals surface area contributed by atoms with Crippen LogP contribution in [0.1, 0.15) is 23.4 Å². The van der Waals surface area contributed by atoms with Gasteiger partial charge in [-0.15, -0.1) is 23.1 Å². The summed E-state index contributed by atoms with van der Waals surface area (Å²) in [5.74, 6) is 0. The topological polar surface area (TPSA) is 34.1 Å². The molecule has 0 aliphatic heterocycles. The predicted molar refractivity (Wildman–Crippen MR) is 89.9 cm³/mol. The molecule has 1 saturated carbocycles. The highest BCUT2D eigenvalue weighted by Gasteiger charge is 2.21. The Labute approximate surface area is 134 Å². The van der Waals surface area contributed by atoms with Crippen molar-refractivity contribution in [2.45, 2.75) is 36.9 Å². The zero-order valence-corrected chi connectivity index (χ0v) is 14.0. The second kappa shape index (κ2) is 6.92. The van der Waals surface area contributed by atoms with Crippen LogP contribution in [0, 0.1) is 0 Å². The minimum atomic E-state index is 0.584. The third-order valence-electron chi connectivity index (χ3n) is 3.52. The summed E-state index contributed by atoms with van der Waals surface area (Å²) in [6.07, 6.45) is 4.71. The van der Waals surface area contributed by atoms with E-state index in [1.165, 1.54) is 28.2 Å². The highest BCUT2D eigenvalue weighted by molar-refractivity contribution is 7.98. The standard InChI is InChI=1S/C16H20N2OS2/c1-19-10-14-15(9-17-12-5-6-12)21-16(18-14)11-3-7-13(20-2)8-4-11/h3-4,7-8,12,17H,5-6,9-10H2,1-2H3. The number of rotatable bonds is 7. The van der Waals surface area contributed by atoms with Crippen molar-refractivity contribution >= 4 is 23.1 Å². The summed E-state index contributed by atoms with van der Waals surface area (Å²) in [6, 6.07) is 9.32. The van der Waals surface area contributed by atoms with Gasteiger partial charge in [-0.3, -0.25) is 0 Å². The molecule has 0 radical (unpaired) electrons. The van der Waals surface area contributed by atoms with E-state index in [1.807, 2.05) is 0 Å². The van der Waals surface area contributed by atoms with Crippen LogP contribution < -0.4 is 5.32 Å². The largest absolute Gasteiger partial charge is 0.378 e. The molecule has 21 heavy (non-hydrogen) atoms. The van der Waals surface area contributed by atoms with Crippen molar-refractivity contribution in [2.24, 2.45) is 0 Å². The second-order valence-electron chi connectivity index (χ2n) is 5.21. The summed E-state index contributed by atoms with van der Waals surface area (Å²) in [5, 5.41) is 4.65. The van der Waals surface area contributed by atoms with Gasteiger partial charge in [-0.2, -0.15) is 0 Å². The molecule has 5 heteroatoms. The molecule has 0 bridgehead atoms. The molecule has 3 nitrogen and oxygen atoms in total. The van der Waals surface area contributed by atoms with E-state index in [9.17, 15) is 0 Å². The summed E-state index contributed by atoms with van der Waals surface area (Å²) in [7, 11) is 1.73. The fourth-order valence-corrected chi connectivity index (χ4v) is 3.58. The molecule has 0 saturated heterocycles. The summed E-state index contributed by atoms with van der Waals surface area (Å²) >= 11 is 3.54. The number of nitrogens with one attached hydrogen (secondary N) is 1. The number of hydrogen-bond donors (Lipinski definition) is 1. The molecular weight excluding hydrogens is 300 g/mol. The first-order valence-corrected chi connectivity index (χ1v) is 9.19. The molecule has 1 aromatic heterocycles. The van der Waals surface area contributed by atoms with E-state index in [4.69, 9.17) is 9.72 Å². The molecule has 112 valence electrons. The molecule has 0 spiro atoms. The number of aromatic nitrogens is 1. The fourth-order valence-electron chi connectivity index (χ4n) is 2.15. The molecule has 2 aromatic rings. The summed E-state index contributed by atoms with van der Waals surface area (Å²) in [6.45, 7) is 1.49. The van der Waals surface area contributed by atoms with Crippen molar-refractivity contribution in [1.29, 1.82) is 0 Å². The van der Waals surface area contributed by atoms with E-state index in [0.717, 1.165) is 17.2 Å². The molecule has 1 N–H and O–H groups in total. The first-order chi connectivity index (χ1) is 10.3. The van der Waals surface area contributed by atoms with Crippen LogP contribution in [-0.4, -0.2) is 24.4 Å². The van der Waals surface area contributed by atoms with Gasteiger partial charge in [0.05, 0.1) is 12.3 Å². The predicted octanol–water partition coefficient (Wildman–Crippen LogP) is 3.93. The van der Waals surface area contributed by atoms with Gasteiger partial charge in [-0.1, -0.05) is 12.1 Å². The first-order valence-electron chi connectivity index (χ1n) is 7.15. The number of thioether (sulfide) groups is 1. The summed E-state index contributed by atoms with van der Waals surface area (Å²) in [4.78, 5) is 7.35. The van der Waals surface area contributed by atoms with E-state index in [0.29, 0.717) is 12.6 Å². The average Bonchev–Trinajstić information content (AvgIpc) is 3.27. The lowest BCUT2D eigenvalue weighted by Gasteiger charge is -2.02. The third-order valence-corrected chi connectivity index (χ3v) is 5.42. The van der Waals surface area contributed by atoms with Crippen molar-refractivity contribution in [3.63, 3.8) is 0 Å². The Hall–Kier alpha value is -0.880. The molecule has 0 unspecified atom stereocenters. The quantitative estimate of drug-likeness (QED) is 0.784. The van der Waals surface area contributed by atoms with Crippen LogP contribution in [0.15, 0.2) is 29.2 Å². The number of benzene rings is 1. The van der Waals surface area contributed by atoms with Gasteiger partial charge in [0.25, 0.3) is 0 Å². The maximum atomic E-state index is 5.29. The van der Waals surface area contributed by atoms with Crippen LogP contribution in [0.3, 0.4) is 0 Å². The molecule has 1 heterocycles. The zero-order valence-electron chi connectivity index (χ0n) is 12.4. The van der Waals surface area contributed by atoms with Gasteiger partial charge in [0.2, 0.25) is 0 Å². The number of thiazole rings is 1. The Morgan fingerprint density at radius 3 is 2.71 bits per heavy atom. The van der Waals surface area contributed by atoms with E-state index in [-0.39, 0.29) is 0 Å². The van der Waals surface area contributed by atoms with Crippen molar-refractivity contribution in [3.8, 4) is 10.6 Å². The molecule has 1 aromatic carbocycles. The Balaban J connectivity index is 1.80. The highest BCUT2D eigenvalue weighted by Crippen LogP contribution is 2.30. The van der Waals surface area contributed by atoms with E-state index in [2.05, 4.69) is 35.8 Å². The van der Waals surface area contributed by atoms with Crippen LogP contribution >= 0.6 is 23.1 Å². The number of ether oxygens (including phenoxy) is 1. The lowest BCUT2D eigenvalue weighted by molar-refractivity contribution is 0.181. The van der Waals surface area contributed by atoms with Gasteiger partial charge in [-0.05, 0) is 31.2 Å². The van der Waals surface area contributed by atoms with Gasteiger partial charge in [0, 0.05) is 35.0 Å². The smallest absolute Gasteiger partial charge is 0.124 e. The zero-order chi connectivity index (χ0) is 14.7. The lowest BCUT2D eigenvalue weighted by atomic mass is 10.2. The summed E-state index contributed by atoms with van der Waals surface area (Å²) < 4.78 is 5.29. The fraction of sp³-hybridized carbons (Fsp3) is 0.438. The molecule has 3 rings (SSSR count). The Kier molecular flexibility index (Phi) is 4.95. The molecule has 1 aliphatic rings. The normalized spacial score (nSPS) is 14.6. The number of hydrogen-bond acceptors (Lipinski definition) is 5. The molecule has 1 aliphatic carbocycles. The van der Waals surface area contributed by atoms with Crippen molar-refractivity contribution in [3.05, 3.63) is 34.8 Å². The molecule has 0 amide bonds. The molecular formula is C16H20N2OS2. The van der Waals surface area contributed by atoms with E-state index >= 15 is 0 Å². The van der Waals surface area contributed by atoms with Gasteiger partial charge in [-0.25, -0.2) is 4.98 Å². The van der Waals surface area contributed by atoms with Gasteiger partial charge < -0.3 is 10.1 Å². The third kappa shape index (κ3) is 3.86. The molecule has 1 fully saturated rings. The van der Waals surface area contributed by atoms with Crippen LogP contribution in [0.5, 0.6) is 0 Å². The Bertz CT molecular complexity index is 591. The van der Waals surface area contributed by atoms with Crippen LogP contribution in [0.25, 0.3) is 10.6 Å². The van der Waals surface area contributed by atoms with Crippen LogP contribution in [0.4, 0.5) is 0 Å². The van der Waals surface area contributed by atoms with Crippen molar-refractivity contribution < 1.29 is 4.74 Å². The lowest BCUT2D eigenvalue weighted by Crippen LogP contribution is -2.15. The van der Waals surface area contributed by atoms with Gasteiger partial charge in [0.15, 0.2) is 0 Å². The van der Waals surface area contributed by atoms with Gasteiger partial charge >= 0.3 is 0 Å². The monoisotopic (exact) mass is 320 g/mol. The second-order valence-corrected chi connectivity index (χ2v) is 7.17. The Morgan fingerprint density at radius 2 is 2.10 bits per heavy atom. The van der Waals surface area contributed by atoms with Crippen molar-refractivity contribution in [2.75, 3.05) is 13.4 Å². The minimum Gasteiger partial charge on any atom is -0.378 e. The maximum Gasteiger partial charge on any atom is 0.124 e. The minimum absolute atomic E-state index is 0.584. The van der Waals surface area contributed by atoms with E-state index < -0.39 is 0 Å². The highest BCUT2D eigenvalue weighted by atomic mass is 32.2. The summed E-state index contributed by atoms with van der Waals surface area (Å²) in [5.41, 5.74) is 2.26. The van der Waals surface area contributed by atoms with Crippen LogP contribution in [-0.2, 0) is 17.9 Å². The van der Waals surface area contributed by atoms with Crippen LogP contribution in [0.2, 0.25) is 0 Å². The van der Waals surface area contributed by atoms with Gasteiger partial charge in [0.1, 0.15) is 5.01 Å². The van der Waals surface area contributed by atoms with E-state index in [1.54, 1.807) is 30.2 Å². The SMILES string of the molecule is COCc1nc(-c2ccc(SC)cc2)sc1CNC1CC1.